The zero-order valence-corrected chi connectivity index (χ0v) is 12.3. The van der Waals surface area contributed by atoms with Crippen molar-refractivity contribution in [3.63, 3.8) is 0 Å². The van der Waals surface area contributed by atoms with Crippen molar-refractivity contribution in [2.24, 2.45) is 10.9 Å². The van der Waals surface area contributed by atoms with Gasteiger partial charge >= 0.3 is 6.18 Å². The number of hydrogen-bond donors (Lipinski definition) is 3. The fraction of sp³-hybridized carbons (Fsp3) is 0.333. The first-order valence-corrected chi connectivity index (χ1v) is 6.66. The number of amides is 1. The molecule has 0 atom stereocenters. The van der Waals surface area contributed by atoms with Gasteiger partial charge < -0.3 is 16.3 Å². The lowest BCUT2D eigenvalue weighted by molar-refractivity contribution is -0.138. The molecular formula is C12H13BrF3N3O2. The highest BCUT2D eigenvalue weighted by Crippen LogP contribution is 2.35. The number of oxime groups is 1. The number of nitrogens with two attached hydrogens (primary N) is 1. The molecule has 21 heavy (non-hydrogen) atoms. The van der Waals surface area contributed by atoms with Crippen molar-refractivity contribution >= 4 is 27.7 Å². The standard InChI is InChI=1S/C12H13BrF3N3O2/c13-9-4-3-7(6-8(9)12(14,15)16)11(20)18-5-1-2-10(17)19-21/h3-4,6,21H,1-2,5H2,(H2,17,19)(H,18,20). The second-order valence-corrected chi connectivity index (χ2v) is 5.00. The van der Waals surface area contributed by atoms with Crippen molar-refractivity contribution in [1.29, 1.82) is 0 Å². The smallest absolute Gasteiger partial charge is 0.409 e. The molecule has 1 amide bonds. The molecule has 1 rings (SSSR count). The minimum Gasteiger partial charge on any atom is -0.409 e. The number of rotatable bonds is 5. The number of benzene rings is 1. The van der Waals surface area contributed by atoms with Gasteiger partial charge in [-0.25, -0.2) is 0 Å². The molecule has 0 aliphatic rings. The van der Waals surface area contributed by atoms with E-state index in [1.165, 1.54) is 12.1 Å². The molecule has 0 aromatic heterocycles. The molecule has 0 spiro atoms. The van der Waals surface area contributed by atoms with Crippen LogP contribution in [-0.2, 0) is 6.18 Å². The Bertz CT molecular complexity index is 547. The predicted molar refractivity (Wildman–Crippen MR) is 74.1 cm³/mol. The van der Waals surface area contributed by atoms with Crippen LogP contribution in [0.2, 0.25) is 0 Å². The monoisotopic (exact) mass is 367 g/mol. The van der Waals surface area contributed by atoms with Gasteiger partial charge in [0.1, 0.15) is 5.84 Å². The van der Waals surface area contributed by atoms with Crippen molar-refractivity contribution < 1.29 is 23.2 Å². The number of carbonyl (C=O) groups excluding carboxylic acids is 1. The first-order chi connectivity index (χ1) is 9.75. The molecule has 5 nitrogen and oxygen atoms in total. The van der Waals surface area contributed by atoms with Crippen LogP contribution in [0.1, 0.15) is 28.8 Å². The fourth-order valence-corrected chi connectivity index (χ4v) is 1.98. The fourth-order valence-electron chi connectivity index (χ4n) is 1.51. The third kappa shape index (κ3) is 5.25. The number of carbonyl (C=O) groups is 1. The lowest BCUT2D eigenvalue weighted by Gasteiger charge is -2.11. The molecule has 4 N–H and O–H groups in total. The van der Waals surface area contributed by atoms with E-state index < -0.39 is 17.6 Å². The Morgan fingerprint density at radius 2 is 2.10 bits per heavy atom. The summed E-state index contributed by atoms with van der Waals surface area (Å²) in [5.41, 5.74) is 4.24. The highest BCUT2D eigenvalue weighted by Gasteiger charge is 2.33. The van der Waals surface area contributed by atoms with E-state index in [1.807, 2.05) is 0 Å². The molecule has 0 aliphatic carbocycles. The number of amidine groups is 1. The summed E-state index contributed by atoms with van der Waals surface area (Å²) < 4.78 is 38.0. The second kappa shape index (κ2) is 7.30. The van der Waals surface area contributed by atoms with Gasteiger partial charge in [0, 0.05) is 23.0 Å². The molecule has 0 heterocycles. The summed E-state index contributed by atoms with van der Waals surface area (Å²) in [4.78, 5) is 11.7. The van der Waals surface area contributed by atoms with E-state index in [9.17, 15) is 18.0 Å². The number of nitrogens with zero attached hydrogens (tertiary/aromatic N) is 1. The van der Waals surface area contributed by atoms with Crippen molar-refractivity contribution in [1.82, 2.24) is 5.32 Å². The Balaban J connectivity index is 2.67. The van der Waals surface area contributed by atoms with Crippen LogP contribution in [0.3, 0.4) is 0 Å². The summed E-state index contributed by atoms with van der Waals surface area (Å²) in [6.07, 6.45) is -3.86. The summed E-state index contributed by atoms with van der Waals surface area (Å²) >= 11 is 2.80. The molecule has 0 saturated carbocycles. The van der Waals surface area contributed by atoms with Crippen molar-refractivity contribution in [3.05, 3.63) is 33.8 Å². The first-order valence-electron chi connectivity index (χ1n) is 5.87. The third-order valence-electron chi connectivity index (χ3n) is 2.56. The third-order valence-corrected chi connectivity index (χ3v) is 3.25. The van der Waals surface area contributed by atoms with Crippen LogP contribution in [0.15, 0.2) is 27.8 Å². The molecule has 0 aliphatic heterocycles. The SMILES string of the molecule is N/C(CCCNC(=O)c1ccc(Br)c(C(F)(F)F)c1)=N/O. The Hall–Kier alpha value is -1.77. The normalized spacial score (nSPS) is 12.3. The number of halogens is 4. The quantitative estimate of drug-likeness (QED) is 0.246. The van der Waals surface area contributed by atoms with E-state index in [0.717, 1.165) is 6.07 Å². The predicted octanol–water partition coefficient (Wildman–Crippen LogP) is 2.72. The van der Waals surface area contributed by atoms with Crippen LogP contribution >= 0.6 is 15.9 Å². The van der Waals surface area contributed by atoms with Crippen molar-refractivity contribution in [3.8, 4) is 0 Å². The number of alkyl halides is 3. The molecule has 1 aromatic carbocycles. The van der Waals surface area contributed by atoms with Gasteiger partial charge in [0.25, 0.3) is 5.91 Å². The molecule has 0 bridgehead atoms. The van der Waals surface area contributed by atoms with Gasteiger partial charge in [-0.3, -0.25) is 4.79 Å². The lowest BCUT2D eigenvalue weighted by atomic mass is 10.1. The van der Waals surface area contributed by atoms with E-state index in [1.54, 1.807) is 0 Å². The van der Waals surface area contributed by atoms with Crippen LogP contribution in [0.25, 0.3) is 0 Å². The Morgan fingerprint density at radius 1 is 1.43 bits per heavy atom. The average Bonchev–Trinajstić information content (AvgIpc) is 2.42. The number of hydrogen-bond acceptors (Lipinski definition) is 3. The van der Waals surface area contributed by atoms with Crippen LogP contribution in [0.4, 0.5) is 13.2 Å². The average molecular weight is 368 g/mol. The second-order valence-electron chi connectivity index (χ2n) is 4.14. The van der Waals surface area contributed by atoms with Crippen molar-refractivity contribution in [2.75, 3.05) is 6.54 Å². The van der Waals surface area contributed by atoms with E-state index in [2.05, 4.69) is 26.4 Å². The zero-order chi connectivity index (χ0) is 16.0. The molecule has 0 radical (unpaired) electrons. The maximum Gasteiger partial charge on any atom is 0.417 e. The Kier molecular flexibility index (Phi) is 6.01. The van der Waals surface area contributed by atoms with Gasteiger partial charge in [0.15, 0.2) is 0 Å². The molecule has 116 valence electrons. The van der Waals surface area contributed by atoms with Crippen LogP contribution in [0.5, 0.6) is 0 Å². The van der Waals surface area contributed by atoms with Crippen molar-refractivity contribution in [2.45, 2.75) is 19.0 Å². The van der Waals surface area contributed by atoms with Crippen LogP contribution in [0, 0.1) is 0 Å². The highest BCUT2D eigenvalue weighted by atomic mass is 79.9. The number of nitrogens with one attached hydrogen (secondary N) is 1. The highest BCUT2D eigenvalue weighted by molar-refractivity contribution is 9.10. The maximum absolute atomic E-state index is 12.7. The topological polar surface area (TPSA) is 87.7 Å². The lowest BCUT2D eigenvalue weighted by Crippen LogP contribution is -2.26. The van der Waals surface area contributed by atoms with E-state index in [4.69, 9.17) is 10.9 Å². The van der Waals surface area contributed by atoms with E-state index in [-0.39, 0.29) is 28.8 Å². The molecular weight excluding hydrogens is 355 g/mol. The van der Waals surface area contributed by atoms with Gasteiger partial charge in [-0.15, -0.1) is 0 Å². The minimum absolute atomic E-state index is 0.0206. The summed E-state index contributed by atoms with van der Waals surface area (Å²) in [7, 11) is 0. The van der Waals surface area contributed by atoms with Crippen LogP contribution < -0.4 is 11.1 Å². The Labute approximate surface area is 127 Å². The zero-order valence-electron chi connectivity index (χ0n) is 10.7. The summed E-state index contributed by atoms with van der Waals surface area (Å²) in [5.74, 6) is -0.597. The largest absolute Gasteiger partial charge is 0.417 e. The Morgan fingerprint density at radius 3 is 2.67 bits per heavy atom. The van der Waals surface area contributed by atoms with E-state index in [0.29, 0.717) is 6.42 Å². The molecule has 0 saturated heterocycles. The summed E-state index contributed by atoms with van der Waals surface area (Å²) in [6, 6.07) is 3.25. The van der Waals surface area contributed by atoms with E-state index >= 15 is 0 Å². The van der Waals surface area contributed by atoms with Gasteiger partial charge in [-0.05, 0) is 24.6 Å². The maximum atomic E-state index is 12.7. The summed E-state index contributed by atoms with van der Waals surface area (Å²) in [6.45, 7) is 0.201. The summed E-state index contributed by atoms with van der Waals surface area (Å²) in [5, 5.41) is 13.5. The molecule has 9 heteroatoms. The van der Waals surface area contributed by atoms with Gasteiger partial charge in [0.2, 0.25) is 0 Å². The van der Waals surface area contributed by atoms with Crippen LogP contribution in [-0.4, -0.2) is 23.5 Å². The van der Waals surface area contributed by atoms with Gasteiger partial charge in [-0.1, -0.05) is 21.1 Å². The minimum atomic E-state index is -4.54. The van der Waals surface area contributed by atoms with Gasteiger partial charge in [0.05, 0.1) is 5.56 Å². The molecule has 0 unspecified atom stereocenters. The molecule has 1 aromatic rings. The van der Waals surface area contributed by atoms with Gasteiger partial charge in [-0.2, -0.15) is 13.2 Å². The first kappa shape index (κ1) is 17.3. The molecule has 0 fully saturated rings.